The number of fused-ring (bicyclic) bond motifs is 2. The molecule has 0 bridgehead atoms. The lowest BCUT2D eigenvalue weighted by molar-refractivity contribution is -0.139. The molecule has 1 heterocycles. The molecule has 33 heavy (non-hydrogen) atoms. The Morgan fingerprint density at radius 1 is 1.15 bits per heavy atom. The van der Waals surface area contributed by atoms with Gasteiger partial charge in [-0.05, 0) is 40.5 Å². The first-order valence-electron chi connectivity index (χ1n) is 9.94. The van der Waals surface area contributed by atoms with E-state index in [-0.39, 0.29) is 17.3 Å². The standard InChI is InChI=1S/C24H20BrNO7/c1-11-18(24(30)32-3)19(20-21(26-11)13-6-4-5-7-14(13)22(20)29)12-8-15(25)23(16(9-12)31-2)33-10-17(27)28/h4-9,19,26H,10H2,1-3H3,(H,27,28)/t19-/m1/s1. The monoisotopic (exact) mass is 513 g/mol. The summed E-state index contributed by atoms with van der Waals surface area (Å²) in [6.45, 7) is 1.20. The van der Waals surface area contributed by atoms with E-state index in [1.165, 1.54) is 14.2 Å². The lowest BCUT2D eigenvalue weighted by Crippen LogP contribution is -2.29. The van der Waals surface area contributed by atoms with Gasteiger partial charge in [-0.2, -0.15) is 0 Å². The van der Waals surface area contributed by atoms with Crippen LogP contribution in [-0.4, -0.2) is 43.7 Å². The molecule has 0 saturated carbocycles. The highest BCUT2D eigenvalue weighted by Gasteiger charge is 2.43. The van der Waals surface area contributed by atoms with Crippen LogP contribution in [0.3, 0.4) is 0 Å². The molecule has 0 unspecified atom stereocenters. The molecule has 8 nitrogen and oxygen atoms in total. The third-order valence-corrected chi connectivity index (χ3v) is 6.17. The molecular weight excluding hydrogens is 494 g/mol. The van der Waals surface area contributed by atoms with Crippen molar-refractivity contribution < 1.29 is 33.7 Å². The maximum absolute atomic E-state index is 13.5. The van der Waals surface area contributed by atoms with Crippen molar-refractivity contribution in [2.24, 2.45) is 0 Å². The minimum Gasteiger partial charge on any atom is -0.493 e. The predicted octanol–water partition coefficient (Wildman–Crippen LogP) is 3.66. The summed E-state index contributed by atoms with van der Waals surface area (Å²) in [5.41, 5.74) is 3.82. The summed E-state index contributed by atoms with van der Waals surface area (Å²) in [4.78, 5) is 37.2. The molecule has 0 aromatic heterocycles. The minimum atomic E-state index is -1.14. The zero-order valence-corrected chi connectivity index (χ0v) is 19.6. The molecule has 2 aromatic carbocycles. The summed E-state index contributed by atoms with van der Waals surface area (Å²) in [5, 5.41) is 12.2. The van der Waals surface area contributed by atoms with Gasteiger partial charge in [-0.3, -0.25) is 4.79 Å². The number of rotatable bonds is 6. The number of methoxy groups -OCH3 is 2. The maximum atomic E-state index is 13.5. The number of esters is 1. The van der Waals surface area contributed by atoms with E-state index < -0.39 is 24.5 Å². The highest BCUT2D eigenvalue weighted by Crippen LogP contribution is 2.49. The number of carbonyl (C=O) groups excluding carboxylic acids is 2. The van der Waals surface area contributed by atoms with Crippen molar-refractivity contribution in [1.29, 1.82) is 0 Å². The van der Waals surface area contributed by atoms with Gasteiger partial charge >= 0.3 is 11.9 Å². The molecule has 4 rings (SSSR count). The Morgan fingerprint density at radius 2 is 1.85 bits per heavy atom. The van der Waals surface area contributed by atoms with Crippen LogP contribution < -0.4 is 14.8 Å². The second kappa shape index (κ2) is 8.74. The number of hydrogen-bond donors (Lipinski definition) is 2. The number of aliphatic carboxylic acids is 1. The zero-order chi connectivity index (χ0) is 23.9. The molecule has 0 fully saturated rings. The highest BCUT2D eigenvalue weighted by atomic mass is 79.9. The summed E-state index contributed by atoms with van der Waals surface area (Å²) in [5.74, 6) is -2.18. The highest BCUT2D eigenvalue weighted by molar-refractivity contribution is 9.10. The first kappa shape index (κ1) is 22.6. The lowest BCUT2D eigenvalue weighted by atomic mass is 9.79. The van der Waals surface area contributed by atoms with Crippen molar-refractivity contribution in [3.8, 4) is 11.5 Å². The Balaban J connectivity index is 1.92. The minimum absolute atomic E-state index is 0.187. The van der Waals surface area contributed by atoms with Gasteiger partial charge < -0.3 is 24.6 Å². The average molecular weight is 514 g/mol. The molecule has 1 aliphatic carbocycles. The number of hydrogen-bond acceptors (Lipinski definition) is 7. The van der Waals surface area contributed by atoms with Crippen molar-refractivity contribution in [3.63, 3.8) is 0 Å². The molecule has 0 spiro atoms. The van der Waals surface area contributed by atoms with E-state index >= 15 is 0 Å². The molecule has 0 amide bonds. The van der Waals surface area contributed by atoms with Crippen LogP contribution in [0.5, 0.6) is 11.5 Å². The molecule has 0 saturated heterocycles. The van der Waals surface area contributed by atoms with Gasteiger partial charge in [0.15, 0.2) is 23.9 Å². The average Bonchev–Trinajstić information content (AvgIpc) is 3.08. The van der Waals surface area contributed by atoms with Crippen molar-refractivity contribution in [2.75, 3.05) is 20.8 Å². The summed E-state index contributed by atoms with van der Waals surface area (Å²) in [6, 6.07) is 10.6. The van der Waals surface area contributed by atoms with Crippen LogP contribution in [-0.2, 0) is 14.3 Å². The van der Waals surface area contributed by atoms with Crippen LogP contribution in [0.25, 0.3) is 5.70 Å². The molecule has 2 aromatic rings. The van der Waals surface area contributed by atoms with E-state index in [0.717, 1.165) is 5.56 Å². The summed E-state index contributed by atoms with van der Waals surface area (Å²) in [7, 11) is 2.71. The number of allylic oxidation sites excluding steroid dienone is 2. The van der Waals surface area contributed by atoms with Crippen LogP contribution >= 0.6 is 15.9 Å². The van der Waals surface area contributed by atoms with E-state index in [4.69, 9.17) is 19.3 Å². The van der Waals surface area contributed by atoms with Crippen molar-refractivity contribution in [2.45, 2.75) is 12.8 Å². The van der Waals surface area contributed by atoms with Crippen LogP contribution in [0.1, 0.15) is 34.3 Å². The van der Waals surface area contributed by atoms with Crippen LogP contribution in [0.2, 0.25) is 0 Å². The molecule has 1 aliphatic heterocycles. The van der Waals surface area contributed by atoms with E-state index in [1.54, 1.807) is 31.2 Å². The zero-order valence-electron chi connectivity index (χ0n) is 18.0. The molecule has 1 atom stereocenters. The second-order valence-corrected chi connectivity index (χ2v) is 8.32. The van der Waals surface area contributed by atoms with Gasteiger partial charge in [0, 0.05) is 28.3 Å². The van der Waals surface area contributed by atoms with Crippen molar-refractivity contribution >= 4 is 39.3 Å². The fourth-order valence-electron chi connectivity index (χ4n) is 4.22. The lowest BCUT2D eigenvalue weighted by Gasteiger charge is -2.29. The molecule has 2 N–H and O–H groups in total. The number of nitrogens with one attached hydrogen (secondary N) is 1. The van der Waals surface area contributed by atoms with Crippen molar-refractivity contribution in [3.05, 3.63) is 74.4 Å². The largest absolute Gasteiger partial charge is 0.493 e. The number of ketones is 1. The number of ether oxygens (including phenoxy) is 3. The quantitative estimate of drug-likeness (QED) is 0.562. The van der Waals surface area contributed by atoms with Gasteiger partial charge in [-0.1, -0.05) is 24.3 Å². The van der Waals surface area contributed by atoms with E-state index in [1.807, 2.05) is 12.1 Å². The Hall–Kier alpha value is -3.59. The van der Waals surface area contributed by atoms with E-state index in [9.17, 15) is 14.4 Å². The number of dihydropyridines is 1. The molecular formula is C24H20BrNO7. The van der Waals surface area contributed by atoms with Gasteiger partial charge in [0.1, 0.15) is 0 Å². The Kier molecular flexibility index (Phi) is 5.99. The Morgan fingerprint density at radius 3 is 2.48 bits per heavy atom. The topological polar surface area (TPSA) is 111 Å². The fraction of sp³-hybridized carbons (Fsp3) is 0.208. The van der Waals surface area contributed by atoms with Crippen molar-refractivity contribution in [1.82, 2.24) is 5.32 Å². The second-order valence-electron chi connectivity index (χ2n) is 7.47. The van der Waals surface area contributed by atoms with E-state index in [2.05, 4.69) is 21.2 Å². The van der Waals surface area contributed by atoms with Gasteiger partial charge in [-0.25, -0.2) is 9.59 Å². The van der Waals surface area contributed by atoms with E-state index in [0.29, 0.717) is 38.1 Å². The fourth-order valence-corrected chi connectivity index (χ4v) is 4.80. The predicted molar refractivity (Wildman–Crippen MR) is 122 cm³/mol. The smallest absolute Gasteiger partial charge is 0.341 e. The molecule has 9 heteroatoms. The molecule has 2 aliphatic rings. The number of carboxylic acids is 1. The first-order valence-corrected chi connectivity index (χ1v) is 10.7. The Bertz CT molecular complexity index is 1260. The summed E-state index contributed by atoms with van der Waals surface area (Å²) in [6.07, 6.45) is 0. The van der Waals surface area contributed by atoms with Gasteiger partial charge in [-0.15, -0.1) is 0 Å². The number of halogens is 1. The van der Waals surface area contributed by atoms with Gasteiger partial charge in [0.25, 0.3) is 0 Å². The maximum Gasteiger partial charge on any atom is 0.341 e. The number of Topliss-reactive ketones (excluding diaryl/α,β-unsaturated/α-hetero) is 1. The third-order valence-electron chi connectivity index (χ3n) is 5.58. The third kappa shape index (κ3) is 3.78. The normalized spacial score (nSPS) is 16.7. The number of carboxylic acid groups (broad SMARTS) is 1. The molecule has 170 valence electrons. The van der Waals surface area contributed by atoms with Gasteiger partial charge in [0.2, 0.25) is 0 Å². The summed E-state index contributed by atoms with van der Waals surface area (Å²) < 4.78 is 16.3. The van der Waals surface area contributed by atoms with Crippen LogP contribution in [0.15, 0.2) is 57.7 Å². The summed E-state index contributed by atoms with van der Waals surface area (Å²) >= 11 is 3.41. The SMILES string of the molecule is COC(=O)C1=C(C)NC2=C(C(=O)c3ccccc32)[C@@H]1c1cc(Br)c(OCC(=O)O)c(OC)c1. The number of benzene rings is 2. The van der Waals surface area contributed by atoms with Gasteiger partial charge in [0.05, 0.1) is 30.0 Å². The Labute approximate surface area is 198 Å². The van der Waals surface area contributed by atoms with Crippen LogP contribution in [0.4, 0.5) is 0 Å². The van der Waals surface area contributed by atoms with Crippen LogP contribution in [0, 0.1) is 0 Å². The first-order chi connectivity index (χ1) is 15.8. The molecule has 0 radical (unpaired) electrons. The number of carbonyl (C=O) groups is 3.